The van der Waals surface area contributed by atoms with Crippen molar-refractivity contribution in [2.24, 2.45) is 0 Å². The number of aromatic nitrogens is 1. The van der Waals surface area contributed by atoms with E-state index in [2.05, 4.69) is 10.3 Å². The maximum atomic E-state index is 12.9. The number of hydrogen-bond acceptors (Lipinski definition) is 5. The second-order valence-electron chi connectivity index (χ2n) is 5.68. The summed E-state index contributed by atoms with van der Waals surface area (Å²) in [5.41, 5.74) is 0.402. The Labute approximate surface area is 161 Å². The zero-order chi connectivity index (χ0) is 20.1. The van der Waals surface area contributed by atoms with E-state index in [9.17, 15) is 22.8 Å². The lowest BCUT2D eigenvalue weighted by atomic mass is 10.2. The molecule has 2 aromatic heterocycles. The first-order valence-electron chi connectivity index (χ1n) is 8.03. The lowest BCUT2D eigenvalue weighted by molar-refractivity contribution is -0.132. The van der Waals surface area contributed by atoms with Crippen molar-refractivity contribution in [3.8, 4) is 0 Å². The lowest BCUT2D eigenvalue weighted by Gasteiger charge is -2.23. The van der Waals surface area contributed by atoms with E-state index in [1.165, 1.54) is 29.8 Å². The van der Waals surface area contributed by atoms with E-state index in [1.54, 1.807) is 24.3 Å². The fourth-order valence-corrected chi connectivity index (χ4v) is 3.08. The Morgan fingerprint density at radius 1 is 1.14 bits per heavy atom. The number of halogens is 3. The highest BCUT2D eigenvalue weighted by Gasteiger charge is 2.34. The standard InChI is InChI=1S/C18H14F3N3O3S/c19-18(20,21)11-24(13-5-2-1-3-6-13)15(25)9-12-10-28-17(22-12)23-16(26)14-7-4-8-27-14/h1-8,10H,9,11H2,(H,22,23,26). The molecule has 0 fully saturated rings. The minimum Gasteiger partial charge on any atom is -0.459 e. The summed E-state index contributed by atoms with van der Waals surface area (Å²) in [4.78, 5) is 29.2. The summed E-state index contributed by atoms with van der Waals surface area (Å²) in [7, 11) is 0. The second kappa shape index (κ2) is 8.26. The number of carbonyl (C=O) groups is 2. The number of para-hydroxylation sites is 1. The second-order valence-corrected chi connectivity index (χ2v) is 6.54. The highest BCUT2D eigenvalue weighted by molar-refractivity contribution is 7.14. The van der Waals surface area contributed by atoms with Crippen molar-refractivity contribution in [3.63, 3.8) is 0 Å². The number of nitrogens with one attached hydrogen (secondary N) is 1. The number of thiazole rings is 1. The van der Waals surface area contributed by atoms with E-state index in [1.807, 2.05) is 0 Å². The Bertz CT molecular complexity index is 940. The molecule has 0 aliphatic heterocycles. The molecule has 0 radical (unpaired) electrons. The molecule has 0 saturated heterocycles. The summed E-state index contributed by atoms with van der Waals surface area (Å²) in [5.74, 6) is -1.17. The number of rotatable bonds is 6. The Balaban J connectivity index is 1.70. The SMILES string of the molecule is O=C(Nc1nc(CC(=O)N(CC(F)(F)F)c2ccccc2)cs1)c1ccco1. The number of anilines is 2. The predicted octanol–water partition coefficient (Wildman–Crippen LogP) is 4.13. The van der Waals surface area contributed by atoms with Crippen LogP contribution in [-0.4, -0.2) is 29.5 Å². The van der Waals surface area contributed by atoms with Gasteiger partial charge >= 0.3 is 6.18 Å². The van der Waals surface area contributed by atoms with Crippen molar-refractivity contribution in [3.05, 3.63) is 65.6 Å². The Kier molecular flexibility index (Phi) is 5.78. The molecule has 3 rings (SSSR count). The first-order valence-corrected chi connectivity index (χ1v) is 8.91. The molecule has 1 aromatic carbocycles. The topological polar surface area (TPSA) is 75.4 Å². The molecule has 6 nitrogen and oxygen atoms in total. The average molecular weight is 409 g/mol. The number of amides is 2. The van der Waals surface area contributed by atoms with Gasteiger partial charge in [-0.1, -0.05) is 18.2 Å². The van der Waals surface area contributed by atoms with Crippen LogP contribution in [0, 0.1) is 0 Å². The largest absolute Gasteiger partial charge is 0.459 e. The number of alkyl halides is 3. The van der Waals surface area contributed by atoms with Crippen molar-refractivity contribution in [2.45, 2.75) is 12.6 Å². The zero-order valence-corrected chi connectivity index (χ0v) is 15.1. The van der Waals surface area contributed by atoms with Gasteiger partial charge in [-0.15, -0.1) is 11.3 Å². The number of hydrogen-bond donors (Lipinski definition) is 1. The number of benzene rings is 1. The van der Waals surface area contributed by atoms with Crippen LogP contribution in [0.5, 0.6) is 0 Å². The molecule has 0 saturated carbocycles. The van der Waals surface area contributed by atoms with Gasteiger partial charge in [-0.05, 0) is 24.3 Å². The van der Waals surface area contributed by atoms with Crippen molar-refractivity contribution in [1.29, 1.82) is 0 Å². The van der Waals surface area contributed by atoms with Crippen molar-refractivity contribution in [1.82, 2.24) is 4.98 Å². The van der Waals surface area contributed by atoms with Crippen LogP contribution >= 0.6 is 11.3 Å². The molecule has 28 heavy (non-hydrogen) atoms. The minimum absolute atomic E-state index is 0.0910. The molecular weight excluding hydrogens is 395 g/mol. The van der Waals surface area contributed by atoms with E-state index < -0.39 is 24.5 Å². The molecular formula is C18H14F3N3O3S. The fourth-order valence-electron chi connectivity index (χ4n) is 2.37. The molecule has 146 valence electrons. The number of furan rings is 1. The van der Waals surface area contributed by atoms with Crippen LogP contribution in [0.4, 0.5) is 24.0 Å². The van der Waals surface area contributed by atoms with E-state index in [0.717, 1.165) is 11.3 Å². The van der Waals surface area contributed by atoms with Crippen molar-refractivity contribution >= 4 is 34.0 Å². The molecule has 10 heteroatoms. The summed E-state index contributed by atoms with van der Waals surface area (Å²) >= 11 is 1.06. The van der Waals surface area contributed by atoms with Gasteiger partial charge in [0, 0.05) is 11.1 Å². The average Bonchev–Trinajstić information content (AvgIpc) is 3.32. The normalized spacial score (nSPS) is 11.2. The third kappa shape index (κ3) is 5.19. The molecule has 0 atom stereocenters. The van der Waals surface area contributed by atoms with E-state index in [4.69, 9.17) is 4.42 Å². The van der Waals surface area contributed by atoms with Gasteiger partial charge in [0.1, 0.15) is 6.54 Å². The van der Waals surface area contributed by atoms with Gasteiger partial charge in [0.25, 0.3) is 5.91 Å². The molecule has 0 bridgehead atoms. The van der Waals surface area contributed by atoms with E-state index >= 15 is 0 Å². The van der Waals surface area contributed by atoms with Gasteiger partial charge in [0.15, 0.2) is 10.9 Å². The van der Waals surface area contributed by atoms with Crippen LogP contribution in [0.15, 0.2) is 58.5 Å². The lowest BCUT2D eigenvalue weighted by Crippen LogP contribution is -2.40. The van der Waals surface area contributed by atoms with Gasteiger partial charge in [-0.25, -0.2) is 4.98 Å². The Morgan fingerprint density at radius 3 is 2.54 bits per heavy atom. The van der Waals surface area contributed by atoms with Crippen LogP contribution in [0.3, 0.4) is 0 Å². The van der Waals surface area contributed by atoms with Gasteiger partial charge in [0.2, 0.25) is 5.91 Å². The molecule has 1 N–H and O–H groups in total. The third-order valence-electron chi connectivity index (χ3n) is 3.56. The van der Waals surface area contributed by atoms with Crippen molar-refractivity contribution < 1.29 is 27.2 Å². The molecule has 0 aliphatic rings. The van der Waals surface area contributed by atoms with Gasteiger partial charge in [-0.2, -0.15) is 13.2 Å². The third-order valence-corrected chi connectivity index (χ3v) is 4.36. The zero-order valence-electron chi connectivity index (χ0n) is 14.3. The van der Waals surface area contributed by atoms with E-state index in [0.29, 0.717) is 4.90 Å². The van der Waals surface area contributed by atoms with Crippen LogP contribution < -0.4 is 10.2 Å². The summed E-state index contributed by atoms with van der Waals surface area (Å²) < 4.78 is 43.7. The Morgan fingerprint density at radius 2 is 1.89 bits per heavy atom. The molecule has 0 aliphatic carbocycles. The maximum Gasteiger partial charge on any atom is 0.406 e. The summed E-state index contributed by atoms with van der Waals surface area (Å²) in [5, 5.41) is 4.23. The van der Waals surface area contributed by atoms with E-state index in [-0.39, 0.29) is 28.7 Å². The smallest absolute Gasteiger partial charge is 0.406 e. The Hall–Kier alpha value is -3.14. The van der Waals surface area contributed by atoms with Gasteiger partial charge < -0.3 is 9.32 Å². The maximum absolute atomic E-state index is 12.9. The summed E-state index contributed by atoms with van der Waals surface area (Å²) in [6.45, 7) is -1.40. The monoisotopic (exact) mass is 409 g/mol. The molecule has 2 heterocycles. The van der Waals surface area contributed by atoms with Crippen LogP contribution in [-0.2, 0) is 11.2 Å². The summed E-state index contributed by atoms with van der Waals surface area (Å²) in [6, 6.07) is 10.6. The predicted molar refractivity (Wildman–Crippen MR) is 97.3 cm³/mol. The quantitative estimate of drug-likeness (QED) is 0.664. The molecule has 0 spiro atoms. The van der Waals surface area contributed by atoms with Crippen LogP contribution in [0.1, 0.15) is 16.2 Å². The molecule has 0 unspecified atom stereocenters. The van der Waals surface area contributed by atoms with Gasteiger partial charge in [-0.3, -0.25) is 14.9 Å². The molecule has 3 aromatic rings. The summed E-state index contributed by atoms with van der Waals surface area (Å²) in [6.07, 6.45) is -3.53. The highest BCUT2D eigenvalue weighted by Crippen LogP contribution is 2.24. The first-order chi connectivity index (χ1) is 13.3. The first kappa shape index (κ1) is 19.6. The molecule has 2 amide bonds. The van der Waals surface area contributed by atoms with Crippen LogP contribution in [0.25, 0.3) is 0 Å². The van der Waals surface area contributed by atoms with Crippen LogP contribution in [0.2, 0.25) is 0 Å². The number of nitrogens with zero attached hydrogens (tertiary/aromatic N) is 2. The number of carbonyl (C=O) groups excluding carboxylic acids is 2. The van der Waals surface area contributed by atoms with Gasteiger partial charge in [0.05, 0.1) is 18.4 Å². The fraction of sp³-hybridized carbons (Fsp3) is 0.167. The minimum atomic E-state index is -4.55. The highest BCUT2D eigenvalue weighted by atomic mass is 32.1. The van der Waals surface area contributed by atoms with Crippen molar-refractivity contribution in [2.75, 3.05) is 16.8 Å².